The highest BCUT2D eigenvalue weighted by Gasteiger charge is 2.43. The highest BCUT2D eigenvalue weighted by atomic mass is 16.4. The predicted molar refractivity (Wildman–Crippen MR) is 83.6 cm³/mol. The van der Waals surface area contributed by atoms with Gasteiger partial charge in [0.25, 0.3) is 11.8 Å². The molecule has 0 spiro atoms. The number of hydrogen-bond donors (Lipinski definition) is 6. The van der Waals surface area contributed by atoms with Gasteiger partial charge in [0.2, 0.25) is 0 Å². The molecule has 1 saturated heterocycles. The lowest BCUT2D eigenvalue weighted by molar-refractivity contribution is -0.146. The molecule has 0 aliphatic carbocycles. The number of hydrogen-bond acceptors (Lipinski definition) is 8. The van der Waals surface area contributed by atoms with Crippen molar-refractivity contribution in [3.8, 4) is 0 Å². The molecule has 1 rings (SSSR count). The normalized spacial score (nSPS) is 21.9. The Balaban J connectivity index is 2.71. The van der Waals surface area contributed by atoms with Crippen molar-refractivity contribution in [1.82, 2.24) is 10.6 Å². The zero-order chi connectivity index (χ0) is 20.0. The third kappa shape index (κ3) is 5.60. The van der Waals surface area contributed by atoms with Crippen molar-refractivity contribution in [3.05, 3.63) is 0 Å². The summed E-state index contributed by atoms with van der Waals surface area (Å²) in [5.41, 5.74) is 11.1. The van der Waals surface area contributed by atoms with E-state index in [0.717, 1.165) is 0 Å². The minimum Gasteiger partial charge on any atom is -0.481 e. The number of carbonyl (C=O) groups excluding carboxylic acids is 4. The molecule has 4 atom stereocenters. The molecular weight excluding hydrogens is 352 g/mol. The van der Waals surface area contributed by atoms with E-state index in [-0.39, 0.29) is 12.8 Å². The number of carboxylic acid groups (broad SMARTS) is 2. The molecule has 1 heterocycles. The van der Waals surface area contributed by atoms with Gasteiger partial charge in [-0.25, -0.2) is 0 Å². The number of nitrogens with one attached hydrogen (secondary N) is 2. The average molecular weight is 372 g/mol. The van der Waals surface area contributed by atoms with Crippen molar-refractivity contribution in [1.29, 1.82) is 0 Å². The van der Waals surface area contributed by atoms with E-state index in [1.807, 2.05) is 0 Å². The minimum absolute atomic E-state index is 0.226. The van der Waals surface area contributed by atoms with Crippen molar-refractivity contribution >= 4 is 35.3 Å². The van der Waals surface area contributed by atoms with Crippen LogP contribution in [0.15, 0.2) is 0 Å². The van der Waals surface area contributed by atoms with Crippen molar-refractivity contribution in [2.24, 2.45) is 11.5 Å². The van der Waals surface area contributed by atoms with E-state index in [1.165, 1.54) is 0 Å². The smallest absolute Gasteiger partial charge is 0.303 e. The lowest BCUT2D eigenvalue weighted by Gasteiger charge is -2.30. The Morgan fingerprint density at radius 3 is 1.38 bits per heavy atom. The number of piperazine rings is 1. The van der Waals surface area contributed by atoms with E-state index in [1.54, 1.807) is 0 Å². The van der Waals surface area contributed by atoms with Crippen LogP contribution in [-0.4, -0.2) is 69.7 Å². The predicted octanol–water partition coefficient (Wildman–Crippen LogP) is -3.51. The van der Waals surface area contributed by atoms with Crippen LogP contribution < -0.4 is 22.1 Å². The molecule has 0 aromatic rings. The summed E-state index contributed by atoms with van der Waals surface area (Å²) in [5.74, 6) is -6.09. The molecule has 12 nitrogen and oxygen atoms in total. The van der Waals surface area contributed by atoms with E-state index in [9.17, 15) is 28.8 Å². The van der Waals surface area contributed by atoms with E-state index < -0.39 is 72.3 Å². The van der Waals surface area contributed by atoms with Crippen LogP contribution in [0.4, 0.5) is 0 Å². The Labute approximate surface area is 147 Å². The second kappa shape index (κ2) is 9.01. The number of Topliss-reactive ketones (excluding diaryl/α,β-unsaturated/α-hetero) is 2. The molecule has 0 radical (unpaired) electrons. The lowest BCUT2D eigenvalue weighted by Crippen LogP contribution is -2.69. The van der Waals surface area contributed by atoms with Gasteiger partial charge in [-0.15, -0.1) is 0 Å². The molecule has 1 aliphatic heterocycles. The maximum absolute atomic E-state index is 12.1. The Morgan fingerprint density at radius 1 is 0.808 bits per heavy atom. The maximum Gasteiger partial charge on any atom is 0.303 e. The topological polar surface area (TPSA) is 219 Å². The molecule has 4 unspecified atom stereocenters. The molecule has 0 aromatic heterocycles. The number of carbonyl (C=O) groups is 6. The Kier molecular flexibility index (Phi) is 7.34. The van der Waals surface area contributed by atoms with Gasteiger partial charge in [0.1, 0.15) is 0 Å². The minimum atomic E-state index is -1.65. The van der Waals surface area contributed by atoms with E-state index >= 15 is 0 Å². The van der Waals surface area contributed by atoms with Crippen molar-refractivity contribution in [2.45, 2.75) is 49.9 Å². The van der Waals surface area contributed by atoms with Gasteiger partial charge in [-0.1, -0.05) is 0 Å². The van der Waals surface area contributed by atoms with Crippen LogP contribution in [0.25, 0.3) is 0 Å². The fraction of sp³-hybridized carbons (Fsp3) is 0.571. The van der Waals surface area contributed by atoms with Gasteiger partial charge < -0.3 is 32.3 Å². The molecule has 26 heavy (non-hydrogen) atoms. The molecule has 1 fully saturated rings. The van der Waals surface area contributed by atoms with Crippen LogP contribution in [0.3, 0.4) is 0 Å². The summed E-state index contributed by atoms with van der Waals surface area (Å²) in [6, 6.07) is -5.87. The van der Waals surface area contributed by atoms with Crippen LogP contribution in [0, 0.1) is 0 Å². The largest absolute Gasteiger partial charge is 0.481 e. The summed E-state index contributed by atoms with van der Waals surface area (Å²) in [7, 11) is 0. The van der Waals surface area contributed by atoms with Gasteiger partial charge >= 0.3 is 11.9 Å². The quantitative estimate of drug-likeness (QED) is 0.208. The summed E-state index contributed by atoms with van der Waals surface area (Å²) in [4.78, 5) is 69.2. The number of ketones is 2. The zero-order valence-corrected chi connectivity index (χ0v) is 13.6. The number of nitrogens with two attached hydrogens (primary N) is 2. The van der Waals surface area contributed by atoms with Gasteiger partial charge in [-0.05, 0) is 12.8 Å². The molecule has 144 valence electrons. The molecule has 12 heteroatoms. The first-order chi connectivity index (χ1) is 12.0. The second-order valence-electron chi connectivity index (χ2n) is 5.77. The molecule has 0 aromatic carbocycles. The van der Waals surface area contributed by atoms with Gasteiger partial charge in [-0.2, -0.15) is 0 Å². The third-order valence-electron chi connectivity index (χ3n) is 3.74. The number of aliphatic carboxylic acids is 2. The van der Waals surface area contributed by atoms with Crippen molar-refractivity contribution in [2.75, 3.05) is 0 Å². The standard InChI is InChI=1S/C14H20N4O8/c15-5(1-3-7(19)20)11(23)9-13(25)18-10(14(26)17-9)12(24)6(16)2-4-8(21)22/h5-6,9-10H,1-4,15-16H2,(H,17,26)(H,18,25)(H,19,20)(H,21,22). The summed E-state index contributed by atoms with van der Waals surface area (Å²) < 4.78 is 0. The first-order valence-electron chi connectivity index (χ1n) is 7.67. The molecule has 0 bridgehead atoms. The fourth-order valence-electron chi connectivity index (χ4n) is 2.25. The SMILES string of the molecule is NC(CCC(=O)O)C(=O)C1NC(=O)C(C(=O)C(N)CCC(=O)O)NC1=O. The van der Waals surface area contributed by atoms with Gasteiger partial charge in [0, 0.05) is 12.8 Å². The van der Waals surface area contributed by atoms with Gasteiger partial charge in [-0.3, -0.25) is 28.8 Å². The molecule has 8 N–H and O–H groups in total. The lowest BCUT2D eigenvalue weighted by atomic mass is 9.95. The van der Waals surface area contributed by atoms with Crippen LogP contribution >= 0.6 is 0 Å². The monoisotopic (exact) mass is 372 g/mol. The van der Waals surface area contributed by atoms with Crippen molar-refractivity contribution in [3.63, 3.8) is 0 Å². The Bertz CT molecular complexity index is 580. The second-order valence-corrected chi connectivity index (χ2v) is 5.77. The summed E-state index contributed by atoms with van der Waals surface area (Å²) >= 11 is 0. The number of amides is 2. The van der Waals surface area contributed by atoms with E-state index in [0.29, 0.717) is 0 Å². The highest BCUT2D eigenvalue weighted by molar-refractivity contribution is 6.19. The summed E-state index contributed by atoms with van der Waals surface area (Å²) in [6.45, 7) is 0. The number of rotatable bonds is 10. The van der Waals surface area contributed by atoms with Gasteiger partial charge in [0.05, 0.1) is 12.1 Å². The van der Waals surface area contributed by atoms with E-state index in [4.69, 9.17) is 21.7 Å². The number of carboxylic acids is 2. The molecule has 1 aliphatic rings. The molecule has 0 saturated carbocycles. The van der Waals surface area contributed by atoms with Crippen molar-refractivity contribution < 1.29 is 39.0 Å². The summed E-state index contributed by atoms with van der Waals surface area (Å²) in [5, 5.41) is 21.3. The average Bonchev–Trinajstić information content (AvgIpc) is 2.57. The highest BCUT2D eigenvalue weighted by Crippen LogP contribution is 2.08. The summed E-state index contributed by atoms with van der Waals surface area (Å²) in [6.07, 6.45) is -1.24. The first-order valence-corrected chi connectivity index (χ1v) is 7.67. The molecule has 2 amide bonds. The Morgan fingerprint density at radius 2 is 1.12 bits per heavy atom. The van der Waals surface area contributed by atoms with Gasteiger partial charge in [0.15, 0.2) is 23.7 Å². The maximum atomic E-state index is 12.1. The van der Waals surface area contributed by atoms with Crippen LogP contribution in [-0.2, 0) is 28.8 Å². The fourth-order valence-corrected chi connectivity index (χ4v) is 2.25. The van der Waals surface area contributed by atoms with Crippen LogP contribution in [0.1, 0.15) is 25.7 Å². The zero-order valence-electron chi connectivity index (χ0n) is 13.6. The van der Waals surface area contributed by atoms with Crippen LogP contribution in [0.2, 0.25) is 0 Å². The van der Waals surface area contributed by atoms with Crippen LogP contribution in [0.5, 0.6) is 0 Å². The third-order valence-corrected chi connectivity index (χ3v) is 3.74. The first kappa shape index (κ1) is 21.2. The Hall–Kier alpha value is -2.86. The molecular formula is C14H20N4O8. The van der Waals surface area contributed by atoms with E-state index in [2.05, 4.69) is 10.6 Å².